The smallest absolute Gasteiger partial charge is 0.379 e. The first-order valence-corrected chi connectivity index (χ1v) is 12.5. The summed E-state index contributed by atoms with van der Waals surface area (Å²) in [6, 6.07) is 6.15. The highest BCUT2D eigenvalue weighted by molar-refractivity contribution is 9.10. The standard InChI is InChI=1S/C23H20BrF6N3O2S/c24-17-2-3-18-19(13-17)36-21(31-18)33(5-1-4-32-6-8-35-9-7-32)20(34)14-10-15(22(25,26)27)12-16(11-14)23(28,29)30/h2-3,10-13H,1,4-9H2. The molecule has 13 heteroatoms. The van der Waals surface area contributed by atoms with Gasteiger partial charge in [-0.05, 0) is 42.8 Å². The minimum Gasteiger partial charge on any atom is -0.379 e. The van der Waals surface area contributed by atoms with Crippen LogP contribution in [-0.2, 0) is 17.1 Å². The van der Waals surface area contributed by atoms with Gasteiger partial charge in [-0.15, -0.1) is 0 Å². The van der Waals surface area contributed by atoms with Crippen LogP contribution in [0.15, 0.2) is 40.9 Å². The molecule has 0 bridgehead atoms. The molecular formula is C23H20BrF6N3O2S. The lowest BCUT2D eigenvalue weighted by atomic mass is 10.0. The summed E-state index contributed by atoms with van der Waals surface area (Å²) in [5, 5.41) is 0.195. The Morgan fingerprint density at radius 3 is 2.28 bits per heavy atom. The Hall–Kier alpha value is -2.22. The molecule has 1 aromatic heterocycles. The summed E-state index contributed by atoms with van der Waals surface area (Å²) in [5.41, 5.74) is -3.22. The van der Waals surface area contributed by atoms with Crippen molar-refractivity contribution in [3.8, 4) is 0 Å². The number of ether oxygens (including phenoxy) is 1. The van der Waals surface area contributed by atoms with Crippen LogP contribution in [0, 0.1) is 0 Å². The van der Waals surface area contributed by atoms with Crippen LogP contribution in [0.1, 0.15) is 27.9 Å². The topological polar surface area (TPSA) is 45.7 Å². The molecule has 1 saturated heterocycles. The molecule has 5 nitrogen and oxygen atoms in total. The third kappa shape index (κ3) is 6.36. The second-order valence-electron chi connectivity index (χ2n) is 8.17. The van der Waals surface area contributed by atoms with Gasteiger partial charge in [0, 0.05) is 36.2 Å². The molecule has 1 fully saturated rings. The van der Waals surface area contributed by atoms with Crippen molar-refractivity contribution in [2.24, 2.45) is 0 Å². The van der Waals surface area contributed by atoms with Crippen LogP contribution in [0.25, 0.3) is 10.2 Å². The van der Waals surface area contributed by atoms with Crippen molar-refractivity contribution in [3.05, 3.63) is 57.6 Å². The van der Waals surface area contributed by atoms with E-state index in [1.165, 1.54) is 0 Å². The minimum atomic E-state index is -5.06. The number of alkyl halides is 6. The molecule has 4 rings (SSSR count). The molecule has 0 radical (unpaired) electrons. The number of rotatable bonds is 6. The summed E-state index contributed by atoms with van der Waals surface area (Å²) in [4.78, 5) is 21.2. The van der Waals surface area contributed by atoms with E-state index >= 15 is 0 Å². The first kappa shape index (κ1) is 26.8. The summed E-state index contributed by atoms with van der Waals surface area (Å²) in [7, 11) is 0. The molecule has 3 aromatic rings. The van der Waals surface area contributed by atoms with E-state index in [0.29, 0.717) is 61.6 Å². The van der Waals surface area contributed by atoms with Crippen LogP contribution in [0.3, 0.4) is 0 Å². The molecule has 194 valence electrons. The maximum atomic E-state index is 13.4. The molecule has 1 amide bonds. The van der Waals surface area contributed by atoms with Crippen LogP contribution in [-0.4, -0.2) is 55.2 Å². The van der Waals surface area contributed by atoms with Gasteiger partial charge in [0.05, 0.1) is 34.6 Å². The van der Waals surface area contributed by atoms with Gasteiger partial charge < -0.3 is 4.74 Å². The minimum absolute atomic E-state index is 0.00869. The number of carbonyl (C=O) groups excluding carboxylic acids is 1. The molecular weight excluding hydrogens is 576 g/mol. The van der Waals surface area contributed by atoms with Crippen molar-refractivity contribution >= 4 is 48.5 Å². The average Bonchev–Trinajstić information content (AvgIpc) is 3.23. The Bertz CT molecular complexity index is 1210. The molecule has 0 unspecified atom stereocenters. The number of halogens is 7. The SMILES string of the molecule is O=C(c1cc(C(F)(F)F)cc(C(F)(F)F)c1)N(CCCN1CCOCC1)c1nc2ccc(Br)cc2s1. The second-order valence-corrected chi connectivity index (χ2v) is 10.1. The Morgan fingerprint density at radius 2 is 1.67 bits per heavy atom. The molecule has 0 spiro atoms. The number of benzene rings is 2. The Balaban J connectivity index is 1.70. The maximum absolute atomic E-state index is 13.4. The number of amides is 1. The Kier molecular flexibility index (Phi) is 7.93. The molecule has 0 N–H and O–H groups in total. The number of morpholine rings is 1. The van der Waals surface area contributed by atoms with Crippen molar-refractivity contribution in [1.82, 2.24) is 9.88 Å². The summed E-state index contributed by atoms with van der Waals surface area (Å²) >= 11 is 4.49. The van der Waals surface area contributed by atoms with Gasteiger partial charge in [0.1, 0.15) is 0 Å². The van der Waals surface area contributed by atoms with E-state index in [1.807, 2.05) is 0 Å². The molecule has 0 saturated carbocycles. The molecule has 1 aliphatic heterocycles. The molecule has 36 heavy (non-hydrogen) atoms. The predicted molar refractivity (Wildman–Crippen MR) is 127 cm³/mol. The van der Waals surface area contributed by atoms with E-state index in [9.17, 15) is 31.1 Å². The fraction of sp³-hybridized carbons (Fsp3) is 0.391. The van der Waals surface area contributed by atoms with Gasteiger partial charge in [-0.2, -0.15) is 26.3 Å². The van der Waals surface area contributed by atoms with E-state index in [2.05, 4.69) is 25.8 Å². The number of hydrogen-bond acceptors (Lipinski definition) is 5. The number of fused-ring (bicyclic) bond motifs is 1. The highest BCUT2D eigenvalue weighted by atomic mass is 79.9. The fourth-order valence-corrected chi connectivity index (χ4v) is 5.34. The highest BCUT2D eigenvalue weighted by Gasteiger charge is 2.38. The first-order chi connectivity index (χ1) is 16.9. The molecule has 2 aromatic carbocycles. The summed E-state index contributed by atoms with van der Waals surface area (Å²) < 4.78 is 87.1. The van der Waals surface area contributed by atoms with E-state index in [0.717, 1.165) is 20.7 Å². The zero-order chi connectivity index (χ0) is 26.1. The maximum Gasteiger partial charge on any atom is 0.416 e. The fourth-order valence-electron chi connectivity index (χ4n) is 3.80. The second kappa shape index (κ2) is 10.6. The van der Waals surface area contributed by atoms with Gasteiger partial charge in [-0.3, -0.25) is 14.6 Å². The number of aromatic nitrogens is 1. The van der Waals surface area contributed by atoms with Gasteiger partial charge in [0.25, 0.3) is 5.91 Å². The molecule has 0 aliphatic carbocycles. The molecule has 2 heterocycles. The normalized spacial score (nSPS) is 15.4. The summed E-state index contributed by atoms with van der Waals surface area (Å²) in [6.07, 6.45) is -9.67. The van der Waals surface area contributed by atoms with E-state index in [1.54, 1.807) is 18.2 Å². The van der Waals surface area contributed by atoms with Gasteiger partial charge in [-0.1, -0.05) is 27.3 Å². The Labute approximate surface area is 214 Å². The van der Waals surface area contributed by atoms with Crippen LogP contribution in [0.2, 0.25) is 0 Å². The van der Waals surface area contributed by atoms with Crippen molar-refractivity contribution in [3.63, 3.8) is 0 Å². The average molecular weight is 596 g/mol. The number of anilines is 1. The Morgan fingerprint density at radius 1 is 1.03 bits per heavy atom. The van der Waals surface area contributed by atoms with Gasteiger partial charge in [-0.25, -0.2) is 4.98 Å². The lowest BCUT2D eigenvalue weighted by Gasteiger charge is -2.28. The number of carbonyl (C=O) groups is 1. The van der Waals surface area contributed by atoms with Gasteiger partial charge >= 0.3 is 12.4 Å². The van der Waals surface area contributed by atoms with Crippen molar-refractivity contribution < 1.29 is 35.9 Å². The van der Waals surface area contributed by atoms with E-state index < -0.39 is 35.0 Å². The third-order valence-electron chi connectivity index (χ3n) is 5.61. The van der Waals surface area contributed by atoms with Crippen molar-refractivity contribution in [1.29, 1.82) is 0 Å². The van der Waals surface area contributed by atoms with Crippen LogP contribution in [0.4, 0.5) is 31.5 Å². The highest BCUT2D eigenvalue weighted by Crippen LogP contribution is 2.37. The lowest BCUT2D eigenvalue weighted by molar-refractivity contribution is -0.143. The first-order valence-electron chi connectivity index (χ1n) is 10.9. The van der Waals surface area contributed by atoms with Crippen molar-refractivity contribution in [2.75, 3.05) is 44.3 Å². The van der Waals surface area contributed by atoms with E-state index in [4.69, 9.17) is 4.74 Å². The van der Waals surface area contributed by atoms with Gasteiger partial charge in [0.15, 0.2) is 5.13 Å². The number of nitrogens with zero attached hydrogens (tertiary/aromatic N) is 3. The summed E-state index contributed by atoms with van der Waals surface area (Å²) in [6.45, 7) is 3.19. The predicted octanol–water partition coefficient (Wildman–Crippen LogP) is 6.47. The molecule has 0 atom stereocenters. The largest absolute Gasteiger partial charge is 0.416 e. The quantitative estimate of drug-likeness (QED) is 0.307. The molecule has 1 aliphatic rings. The zero-order valence-corrected chi connectivity index (χ0v) is 21.0. The monoisotopic (exact) mass is 595 g/mol. The zero-order valence-electron chi connectivity index (χ0n) is 18.6. The lowest BCUT2D eigenvalue weighted by Crippen LogP contribution is -2.39. The summed E-state index contributed by atoms with van der Waals surface area (Å²) in [5.74, 6) is -0.980. The van der Waals surface area contributed by atoms with E-state index in [-0.39, 0.29) is 17.7 Å². The van der Waals surface area contributed by atoms with Crippen LogP contribution < -0.4 is 4.90 Å². The van der Waals surface area contributed by atoms with Crippen LogP contribution >= 0.6 is 27.3 Å². The van der Waals surface area contributed by atoms with Gasteiger partial charge in [0.2, 0.25) is 0 Å². The number of thiazole rings is 1. The number of hydrogen-bond donors (Lipinski definition) is 0. The van der Waals surface area contributed by atoms with Crippen molar-refractivity contribution in [2.45, 2.75) is 18.8 Å². The third-order valence-corrected chi connectivity index (χ3v) is 7.14. The van der Waals surface area contributed by atoms with Crippen LogP contribution in [0.5, 0.6) is 0 Å².